The monoisotopic (exact) mass is 234 g/mol. The Morgan fingerprint density at radius 1 is 1.00 bits per heavy atom. The lowest BCUT2D eigenvalue weighted by Gasteiger charge is -2.14. The van der Waals surface area contributed by atoms with Crippen LogP contribution in [0.1, 0.15) is 22.8 Å². The van der Waals surface area contributed by atoms with Crippen LogP contribution in [-0.2, 0) is 0 Å². The number of aliphatic hydroxyl groups is 1. The highest BCUT2D eigenvalue weighted by atomic mass is 19.2. The molecule has 0 radical (unpaired) electrons. The zero-order chi connectivity index (χ0) is 12.4. The first-order valence-corrected chi connectivity index (χ1v) is 5.28. The minimum atomic E-state index is -0.939. The summed E-state index contributed by atoms with van der Waals surface area (Å²) in [6.07, 6.45) is -0.939. The van der Waals surface area contributed by atoms with Crippen molar-refractivity contribution < 1.29 is 13.9 Å². The van der Waals surface area contributed by atoms with Crippen LogP contribution in [0.3, 0.4) is 0 Å². The molecule has 1 unspecified atom stereocenters. The quantitative estimate of drug-likeness (QED) is 0.844. The molecule has 0 saturated carbocycles. The predicted octanol–water partition coefficient (Wildman–Crippen LogP) is 3.35. The Morgan fingerprint density at radius 3 is 2.29 bits per heavy atom. The van der Waals surface area contributed by atoms with E-state index in [4.69, 9.17) is 0 Å². The van der Waals surface area contributed by atoms with E-state index in [-0.39, 0.29) is 5.56 Å². The Morgan fingerprint density at radius 2 is 1.65 bits per heavy atom. The van der Waals surface area contributed by atoms with Crippen LogP contribution in [0.4, 0.5) is 8.78 Å². The van der Waals surface area contributed by atoms with Crippen LogP contribution in [0.25, 0.3) is 0 Å². The molecule has 0 aliphatic heterocycles. The number of benzene rings is 2. The molecular weight excluding hydrogens is 222 g/mol. The molecule has 1 nitrogen and oxygen atoms in total. The summed E-state index contributed by atoms with van der Waals surface area (Å²) in [6.45, 7) is 1.46. The summed E-state index contributed by atoms with van der Waals surface area (Å²) in [7, 11) is 0. The average Bonchev–Trinajstić information content (AvgIpc) is 2.36. The molecule has 2 aromatic carbocycles. The van der Waals surface area contributed by atoms with Gasteiger partial charge in [0.15, 0.2) is 11.6 Å². The largest absolute Gasteiger partial charge is 0.384 e. The van der Waals surface area contributed by atoms with Gasteiger partial charge in [0.05, 0.1) is 0 Å². The van der Waals surface area contributed by atoms with E-state index in [9.17, 15) is 13.9 Å². The van der Waals surface area contributed by atoms with Crippen LogP contribution >= 0.6 is 0 Å². The first-order valence-electron chi connectivity index (χ1n) is 5.28. The molecule has 2 rings (SSSR count). The van der Waals surface area contributed by atoms with Crippen LogP contribution in [0.5, 0.6) is 0 Å². The Hall–Kier alpha value is -1.74. The van der Waals surface area contributed by atoms with Gasteiger partial charge in [0.2, 0.25) is 0 Å². The zero-order valence-corrected chi connectivity index (χ0v) is 9.32. The van der Waals surface area contributed by atoms with E-state index in [1.165, 1.54) is 13.0 Å². The molecular formula is C14H12F2O. The van der Waals surface area contributed by atoms with E-state index in [1.807, 2.05) is 6.07 Å². The third-order valence-corrected chi connectivity index (χ3v) is 2.79. The molecule has 2 aromatic rings. The first kappa shape index (κ1) is 11.7. The maximum Gasteiger partial charge on any atom is 0.162 e. The second-order valence-corrected chi connectivity index (χ2v) is 3.89. The third-order valence-electron chi connectivity index (χ3n) is 2.79. The number of aliphatic hydroxyl groups excluding tert-OH is 1. The van der Waals surface area contributed by atoms with Crippen molar-refractivity contribution in [3.05, 3.63) is 70.8 Å². The predicted molar refractivity (Wildman–Crippen MR) is 61.6 cm³/mol. The summed E-state index contributed by atoms with van der Waals surface area (Å²) in [5, 5.41) is 10.1. The second-order valence-electron chi connectivity index (χ2n) is 3.89. The van der Waals surface area contributed by atoms with Gasteiger partial charge in [0.1, 0.15) is 6.10 Å². The van der Waals surface area contributed by atoms with Crippen LogP contribution in [0.2, 0.25) is 0 Å². The van der Waals surface area contributed by atoms with E-state index in [1.54, 1.807) is 24.3 Å². The number of rotatable bonds is 2. The number of hydrogen-bond acceptors (Lipinski definition) is 1. The van der Waals surface area contributed by atoms with Gasteiger partial charge in [-0.15, -0.1) is 0 Å². The molecule has 0 heterocycles. The Balaban J connectivity index is 2.45. The second kappa shape index (κ2) is 4.63. The minimum Gasteiger partial charge on any atom is -0.384 e. The lowest BCUT2D eigenvalue weighted by Crippen LogP contribution is -2.04. The van der Waals surface area contributed by atoms with Gasteiger partial charge >= 0.3 is 0 Å². The van der Waals surface area contributed by atoms with Gasteiger partial charge < -0.3 is 5.11 Å². The maximum atomic E-state index is 13.4. The van der Waals surface area contributed by atoms with Crippen molar-refractivity contribution in [2.45, 2.75) is 13.0 Å². The third kappa shape index (κ3) is 2.19. The van der Waals surface area contributed by atoms with Gasteiger partial charge in [-0.1, -0.05) is 36.4 Å². The summed E-state index contributed by atoms with van der Waals surface area (Å²) in [5.41, 5.74) is 1.18. The van der Waals surface area contributed by atoms with E-state index < -0.39 is 17.7 Å². The van der Waals surface area contributed by atoms with Crippen molar-refractivity contribution in [2.75, 3.05) is 0 Å². The molecule has 0 bridgehead atoms. The topological polar surface area (TPSA) is 20.2 Å². The highest BCUT2D eigenvalue weighted by molar-refractivity contribution is 5.36. The Labute approximate surface area is 98.3 Å². The van der Waals surface area contributed by atoms with Gasteiger partial charge in [-0.3, -0.25) is 0 Å². The van der Waals surface area contributed by atoms with Crippen molar-refractivity contribution in [1.29, 1.82) is 0 Å². The van der Waals surface area contributed by atoms with Gasteiger partial charge in [0.25, 0.3) is 0 Å². The molecule has 17 heavy (non-hydrogen) atoms. The summed E-state index contributed by atoms with van der Waals surface area (Å²) in [6, 6.07) is 11.3. The summed E-state index contributed by atoms with van der Waals surface area (Å²) < 4.78 is 26.3. The highest BCUT2D eigenvalue weighted by Crippen LogP contribution is 2.26. The fourth-order valence-electron chi connectivity index (χ4n) is 1.78. The van der Waals surface area contributed by atoms with Gasteiger partial charge in [-0.25, -0.2) is 8.78 Å². The van der Waals surface area contributed by atoms with Crippen molar-refractivity contribution >= 4 is 0 Å². The van der Waals surface area contributed by atoms with Gasteiger partial charge in [-0.05, 0) is 29.7 Å². The molecule has 88 valence electrons. The average molecular weight is 234 g/mol. The standard InChI is InChI=1S/C14H12F2O/c1-9-11(7-8-12(15)13(9)16)14(17)10-5-3-2-4-6-10/h2-8,14,17H,1H3. The smallest absolute Gasteiger partial charge is 0.162 e. The summed E-state index contributed by atoms with van der Waals surface area (Å²) >= 11 is 0. The summed E-state index contributed by atoms with van der Waals surface area (Å²) in [5.74, 6) is -1.80. The maximum absolute atomic E-state index is 13.4. The van der Waals surface area contributed by atoms with Crippen molar-refractivity contribution in [2.24, 2.45) is 0 Å². The highest BCUT2D eigenvalue weighted by Gasteiger charge is 2.16. The van der Waals surface area contributed by atoms with Crippen molar-refractivity contribution in [3.8, 4) is 0 Å². The SMILES string of the molecule is Cc1c(C(O)c2ccccc2)ccc(F)c1F. The van der Waals surface area contributed by atoms with E-state index >= 15 is 0 Å². The summed E-state index contributed by atoms with van der Waals surface area (Å²) in [4.78, 5) is 0. The Bertz CT molecular complexity index is 523. The molecule has 1 N–H and O–H groups in total. The fraction of sp³-hybridized carbons (Fsp3) is 0.143. The molecule has 3 heteroatoms. The minimum absolute atomic E-state index is 0.140. The van der Waals surface area contributed by atoms with E-state index in [2.05, 4.69) is 0 Å². The Kier molecular flexibility index (Phi) is 3.20. The van der Waals surface area contributed by atoms with Crippen LogP contribution < -0.4 is 0 Å². The van der Waals surface area contributed by atoms with Crippen molar-refractivity contribution in [1.82, 2.24) is 0 Å². The number of hydrogen-bond donors (Lipinski definition) is 1. The zero-order valence-electron chi connectivity index (χ0n) is 9.32. The van der Waals surface area contributed by atoms with E-state index in [0.29, 0.717) is 11.1 Å². The molecule has 0 aliphatic carbocycles. The van der Waals surface area contributed by atoms with E-state index in [0.717, 1.165) is 6.07 Å². The lowest BCUT2D eigenvalue weighted by atomic mass is 9.97. The van der Waals surface area contributed by atoms with Gasteiger partial charge in [0, 0.05) is 0 Å². The molecule has 1 atom stereocenters. The van der Waals surface area contributed by atoms with Crippen LogP contribution in [0.15, 0.2) is 42.5 Å². The molecule has 0 amide bonds. The number of halogens is 2. The molecule has 0 fully saturated rings. The normalized spacial score (nSPS) is 12.5. The molecule has 0 aromatic heterocycles. The van der Waals surface area contributed by atoms with Gasteiger partial charge in [-0.2, -0.15) is 0 Å². The van der Waals surface area contributed by atoms with Crippen molar-refractivity contribution in [3.63, 3.8) is 0 Å². The lowest BCUT2D eigenvalue weighted by molar-refractivity contribution is 0.218. The van der Waals surface area contributed by atoms with Crippen LogP contribution in [-0.4, -0.2) is 5.11 Å². The van der Waals surface area contributed by atoms with Crippen LogP contribution in [0, 0.1) is 18.6 Å². The molecule has 0 spiro atoms. The molecule has 0 aliphatic rings. The fourth-order valence-corrected chi connectivity index (χ4v) is 1.78. The molecule has 0 saturated heterocycles. The first-order chi connectivity index (χ1) is 8.11.